The van der Waals surface area contributed by atoms with Crippen molar-refractivity contribution in [2.45, 2.75) is 10.9 Å². The Kier molecular flexibility index (Phi) is 4.17. The second-order valence-corrected chi connectivity index (χ2v) is 6.51. The number of hydrazine groups is 1. The van der Waals surface area contributed by atoms with E-state index in [0.29, 0.717) is 0 Å². The zero-order valence-corrected chi connectivity index (χ0v) is 11.7. The average molecular weight is 294 g/mol. The Labute approximate surface area is 117 Å². The molecule has 0 bridgehead atoms. The van der Waals surface area contributed by atoms with Crippen LogP contribution in [0.4, 0.5) is 4.39 Å². The first-order valence-corrected chi connectivity index (χ1v) is 7.82. The molecule has 106 valence electrons. The second kappa shape index (κ2) is 5.70. The Bertz CT molecular complexity index is 682. The molecule has 0 aliphatic heterocycles. The van der Waals surface area contributed by atoms with Crippen LogP contribution >= 0.6 is 0 Å². The van der Waals surface area contributed by atoms with Crippen LogP contribution < -0.4 is 11.3 Å². The molecule has 0 amide bonds. The monoisotopic (exact) mass is 294 g/mol. The summed E-state index contributed by atoms with van der Waals surface area (Å²) in [4.78, 5) is 0.246. The van der Waals surface area contributed by atoms with Crippen LogP contribution in [0.1, 0.15) is 17.2 Å². The SMILES string of the molecule is CS(=O)(=O)c1ccc(C(NN)c2ccc(F)cc2)cc1. The maximum Gasteiger partial charge on any atom is 0.175 e. The molecular weight excluding hydrogens is 279 g/mol. The van der Waals surface area contributed by atoms with Crippen LogP contribution in [0.15, 0.2) is 53.4 Å². The van der Waals surface area contributed by atoms with Crippen molar-refractivity contribution >= 4 is 9.84 Å². The van der Waals surface area contributed by atoms with E-state index in [-0.39, 0.29) is 16.8 Å². The van der Waals surface area contributed by atoms with Gasteiger partial charge >= 0.3 is 0 Å². The summed E-state index contributed by atoms with van der Waals surface area (Å²) >= 11 is 0. The van der Waals surface area contributed by atoms with Gasteiger partial charge in [-0.3, -0.25) is 5.84 Å². The number of hydrogen-bond donors (Lipinski definition) is 2. The molecule has 0 heterocycles. The topological polar surface area (TPSA) is 72.2 Å². The molecule has 0 aliphatic rings. The van der Waals surface area contributed by atoms with Crippen molar-refractivity contribution in [3.05, 3.63) is 65.5 Å². The van der Waals surface area contributed by atoms with E-state index in [9.17, 15) is 12.8 Å². The fraction of sp³-hybridized carbons (Fsp3) is 0.143. The van der Waals surface area contributed by atoms with E-state index in [4.69, 9.17) is 5.84 Å². The van der Waals surface area contributed by atoms with Crippen LogP contribution in [0.3, 0.4) is 0 Å². The molecule has 20 heavy (non-hydrogen) atoms. The molecule has 0 spiro atoms. The van der Waals surface area contributed by atoms with E-state index >= 15 is 0 Å². The molecule has 2 rings (SSSR count). The molecule has 1 unspecified atom stereocenters. The van der Waals surface area contributed by atoms with Crippen LogP contribution in [0.5, 0.6) is 0 Å². The van der Waals surface area contributed by atoms with Crippen molar-refractivity contribution in [1.82, 2.24) is 5.43 Å². The second-order valence-electron chi connectivity index (χ2n) is 4.49. The van der Waals surface area contributed by atoms with Crippen molar-refractivity contribution < 1.29 is 12.8 Å². The highest BCUT2D eigenvalue weighted by Crippen LogP contribution is 2.23. The molecule has 0 fully saturated rings. The minimum absolute atomic E-state index is 0.246. The largest absolute Gasteiger partial charge is 0.271 e. The smallest absolute Gasteiger partial charge is 0.175 e. The molecule has 0 saturated carbocycles. The Hall–Kier alpha value is -1.76. The third kappa shape index (κ3) is 3.22. The molecule has 6 heteroatoms. The molecule has 3 N–H and O–H groups in total. The first-order chi connectivity index (χ1) is 9.41. The quantitative estimate of drug-likeness (QED) is 0.666. The van der Waals surface area contributed by atoms with Crippen LogP contribution in [0.2, 0.25) is 0 Å². The number of nitrogens with two attached hydrogens (primary N) is 1. The summed E-state index contributed by atoms with van der Waals surface area (Å²) in [5, 5.41) is 0. The van der Waals surface area contributed by atoms with E-state index in [1.807, 2.05) is 0 Å². The molecule has 2 aromatic carbocycles. The third-order valence-corrected chi connectivity index (χ3v) is 4.14. The van der Waals surface area contributed by atoms with E-state index in [2.05, 4.69) is 5.43 Å². The summed E-state index contributed by atoms with van der Waals surface area (Å²) in [7, 11) is -3.22. The molecule has 0 radical (unpaired) electrons. The summed E-state index contributed by atoms with van der Waals surface area (Å²) in [6.07, 6.45) is 1.15. The lowest BCUT2D eigenvalue weighted by Gasteiger charge is -2.17. The number of rotatable bonds is 4. The fourth-order valence-corrected chi connectivity index (χ4v) is 2.58. The van der Waals surface area contributed by atoms with Crippen molar-refractivity contribution in [3.63, 3.8) is 0 Å². The van der Waals surface area contributed by atoms with Gasteiger partial charge in [0.2, 0.25) is 0 Å². The van der Waals surface area contributed by atoms with Crippen molar-refractivity contribution in [2.24, 2.45) is 5.84 Å². The van der Waals surface area contributed by atoms with Crippen LogP contribution in [0, 0.1) is 5.82 Å². The predicted molar refractivity (Wildman–Crippen MR) is 75.1 cm³/mol. The summed E-state index contributed by atoms with van der Waals surface area (Å²) in [5.41, 5.74) is 4.23. The van der Waals surface area contributed by atoms with Gasteiger partial charge in [0, 0.05) is 6.26 Å². The number of benzene rings is 2. The lowest BCUT2D eigenvalue weighted by Crippen LogP contribution is -2.28. The Balaban J connectivity index is 2.35. The van der Waals surface area contributed by atoms with Gasteiger partial charge in [-0.1, -0.05) is 24.3 Å². The number of nitrogens with one attached hydrogen (secondary N) is 1. The maximum absolute atomic E-state index is 12.9. The Morgan fingerprint density at radius 3 is 1.85 bits per heavy atom. The van der Waals surface area contributed by atoms with Crippen molar-refractivity contribution in [3.8, 4) is 0 Å². The lowest BCUT2D eigenvalue weighted by molar-refractivity contribution is 0.601. The molecule has 0 aliphatic carbocycles. The van der Waals surface area contributed by atoms with Gasteiger partial charge in [-0.15, -0.1) is 0 Å². The molecule has 2 aromatic rings. The maximum atomic E-state index is 12.9. The van der Waals surface area contributed by atoms with E-state index in [0.717, 1.165) is 17.4 Å². The number of hydrogen-bond acceptors (Lipinski definition) is 4. The normalized spacial score (nSPS) is 13.2. The first-order valence-electron chi connectivity index (χ1n) is 5.93. The van der Waals surface area contributed by atoms with Crippen molar-refractivity contribution in [1.29, 1.82) is 0 Å². The van der Waals surface area contributed by atoms with Crippen LogP contribution in [0.25, 0.3) is 0 Å². The van der Waals surface area contributed by atoms with Gasteiger partial charge in [-0.2, -0.15) is 0 Å². The highest BCUT2D eigenvalue weighted by atomic mass is 32.2. The van der Waals surface area contributed by atoms with Crippen LogP contribution in [-0.4, -0.2) is 14.7 Å². The standard InChI is InChI=1S/C14H15FN2O2S/c1-20(18,19)13-8-4-11(5-9-13)14(17-16)10-2-6-12(15)7-3-10/h2-9,14,17H,16H2,1H3. The fourth-order valence-electron chi connectivity index (χ4n) is 1.95. The average Bonchev–Trinajstić information content (AvgIpc) is 2.41. The highest BCUT2D eigenvalue weighted by Gasteiger charge is 2.14. The Morgan fingerprint density at radius 2 is 1.45 bits per heavy atom. The zero-order chi connectivity index (χ0) is 14.8. The van der Waals surface area contributed by atoms with Gasteiger partial charge in [0.1, 0.15) is 5.82 Å². The zero-order valence-electron chi connectivity index (χ0n) is 10.9. The van der Waals surface area contributed by atoms with Crippen molar-refractivity contribution in [2.75, 3.05) is 6.26 Å². The van der Waals surface area contributed by atoms with Gasteiger partial charge in [-0.25, -0.2) is 18.2 Å². The molecule has 1 atom stereocenters. The summed E-state index contributed by atoms with van der Waals surface area (Å²) in [6.45, 7) is 0. The first kappa shape index (κ1) is 14.6. The van der Waals surface area contributed by atoms with Gasteiger partial charge in [0.25, 0.3) is 0 Å². The van der Waals surface area contributed by atoms with E-state index in [1.54, 1.807) is 24.3 Å². The number of sulfone groups is 1. The van der Waals surface area contributed by atoms with Crippen LogP contribution in [-0.2, 0) is 9.84 Å². The minimum Gasteiger partial charge on any atom is -0.271 e. The molecule has 0 saturated heterocycles. The molecule has 0 aromatic heterocycles. The number of halogens is 1. The predicted octanol–water partition coefficient (Wildman–Crippen LogP) is 1.78. The lowest BCUT2D eigenvalue weighted by atomic mass is 9.99. The highest BCUT2D eigenvalue weighted by molar-refractivity contribution is 7.90. The summed E-state index contributed by atoms with van der Waals surface area (Å²) in [6, 6.07) is 12.1. The molecular formula is C14H15FN2O2S. The van der Waals surface area contributed by atoms with E-state index in [1.165, 1.54) is 24.3 Å². The van der Waals surface area contributed by atoms with E-state index < -0.39 is 9.84 Å². The summed E-state index contributed by atoms with van der Waals surface area (Å²) < 4.78 is 35.7. The Morgan fingerprint density at radius 1 is 1.00 bits per heavy atom. The molecule has 4 nitrogen and oxygen atoms in total. The summed E-state index contributed by atoms with van der Waals surface area (Å²) in [5.74, 6) is 5.21. The van der Waals surface area contributed by atoms with Gasteiger partial charge in [-0.05, 0) is 35.4 Å². The third-order valence-electron chi connectivity index (χ3n) is 3.01. The van der Waals surface area contributed by atoms with Gasteiger partial charge in [0.15, 0.2) is 9.84 Å². The minimum atomic E-state index is -3.22. The van der Waals surface area contributed by atoms with Gasteiger partial charge in [0.05, 0.1) is 10.9 Å². The van der Waals surface area contributed by atoms with Gasteiger partial charge < -0.3 is 0 Å².